The van der Waals surface area contributed by atoms with E-state index in [0.717, 1.165) is 11.4 Å². The summed E-state index contributed by atoms with van der Waals surface area (Å²) in [6, 6.07) is 23.4. The van der Waals surface area contributed by atoms with E-state index in [1.165, 1.54) is 32.1 Å². The first-order valence-corrected chi connectivity index (χ1v) is 12.7. The van der Waals surface area contributed by atoms with Crippen LogP contribution in [0.15, 0.2) is 83.8 Å². The Morgan fingerprint density at radius 1 is 0.781 bits per heavy atom. The molecule has 5 nitrogen and oxygen atoms in total. The van der Waals surface area contributed by atoms with Gasteiger partial charge < -0.3 is 10.6 Å². The first-order chi connectivity index (χ1) is 15.5. The van der Waals surface area contributed by atoms with E-state index in [4.69, 9.17) is 0 Å². The van der Waals surface area contributed by atoms with E-state index >= 15 is 0 Å². The zero-order valence-electron chi connectivity index (χ0n) is 18.0. The van der Waals surface area contributed by atoms with Crippen LogP contribution in [0.5, 0.6) is 0 Å². The molecular weight excluding hydrogens is 420 g/mol. The highest BCUT2D eigenvalue weighted by Crippen LogP contribution is 2.23. The van der Waals surface area contributed by atoms with Crippen LogP contribution in [0.1, 0.15) is 48.0 Å². The highest BCUT2D eigenvalue weighted by atomic mass is 32.2. The van der Waals surface area contributed by atoms with Crippen molar-refractivity contribution in [1.82, 2.24) is 0 Å². The average molecular weight is 449 g/mol. The van der Waals surface area contributed by atoms with Gasteiger partial charge >= 0.3 is 0 Å². The number of nitrogens with one attached hydrogen (secondary N) is 2. The minimum absolute atomic E-state index is 0.103. The van der Waals surface area contributed by atoms with Crippen molar-refractivity contribution in [2.75, 3.05) is 10.6 Å². The van der Waals surface area contributed by atoms with E-state index in [-0.39, 0.29) is 11.7 Å². The van der Waals surface area contributed by atoms with Crippen LogP contribution in [0.3, 0.4) is 0 Å². The Kier molecular flexibility index (Phi) is 6.90. The number of carbonyl (C=O) groups is 1. The Bertz CT molecular complexity index is 1140. The third kappa shape index (κ3) is 5.77. The van der Waals surface area contributed by atoms with Crippen molar-refractivity contribution in [2.45, 2.75) is 48.8 Å². The molecule has 3 aromatic carbocycles. The molecule has 0 radical (unpaired) electrons. The molecule has 1 aliphatic carbocycles. The van der Waals surface area contributed by atoms with Crippen molar-refractivity contribution in [1.29, 1.82) is 0 Å². The molecule has 0 saturated heterocycles. The van der Waals surface area contributed by atoms with Gasteiger partial charge in [0.2, 0.25) is 0 Å². The van der Waals surface area contributed by atoms with Crippen LogP contribution in [-0.2, 0) is 15.6 Å². The molecule has 1 amide bonds. The number of hydrogen-bond donors (Lipinski definition) is 2. The maximum Gasteiger partial charge on any atom is 0.255 e. The van der Waals surface area contributed by atoms with Crippen molar-refractivity contribution in [3.05, 3.63) is 90.0 Å². The van der Waals surface area contributed by atoms with E-state index < -0.39 is 9.84 Å². The van der Waals surface area contributed by atoms with Gasteiger partial charge in [0.05, 0.1) is 10.6 Å². The Morgan fingerprint density at radius 3 is 2.06 bits per heavy atom. The van der Waals surface area contributed by atoms with Gasteiger partial charge in [-0.3, -0.25) is 4.79 Å². The molecule has 1 saturated carbocycles. The summed E-state index contributed by atoms with van der Waals surface area (Å²) in [7, 11) is -3.42. The lowest BCUT2D eigenvalue weighted by molar-refractivity contribution is 0.102. The minimum Gasteiger partial charge on any atom is -0.382 e. The summed E-state index contributed by atoms with van der Waals surface area (Å²) in [5.41, 5.74) is 2.91. The normalized spacial score (nSPS) is 14.6. The predicted octanol–water partition coefficient (Wildman–Crippen LogP) is 5.66. The topological polar surface area (TPSA) is 75.3 Å². The van der Waals surface area contributed by atoms with Gasteiger partial charge in [0, 0.05) is 23.0 Å². The summed E-state index contributed by atoms with van der Waals surface area (Å²) >= 11 is 0. The van der Waals surface area contributed by atoms with Crippen LogP contribution in [0, 0.1) is 0 Å². The molecule has 0 spiro atoms. The lowest BCUT2D eigenvalue weighted by Gasteiger charge is -2.23. The Hall–Kier alpha value is -3.12. The fourth-order valence-electron chi connectivity index (χ4n) is 4.02. The van der Waals surface area contributed by atoms with Gasteiger partial charge in [-0.15, -0.1) is 0 Å². The quantitative estimate of drug-likeness (QED) is 0.489. The van der Waals surface area contributed by atoms with Crippen molar-refractivity contribution in [2.24, 2.45) is 0 Å². The Labute approximate surface area is 189 Å². The second-order valence-corrected chi connectivity index (χ2v) is 10.3. The van der Waals surface area contributed by atoms with Crippen molar-refractivity contribution >= 4 is 27.1 Å². The molecule has 0 atom stereocenters. The molecule has 0 aliphatic heterocycles. The van der Waals surface area contributed by atoms with E-state index in [9.17, 15) is 13.2 Å². The van der Waals surface area contributed by atoms with Crippen LogP contribution in [-0.4, -0.2) is 20.4 Å². The largest absolute Gasteiger partial charge is 0.382 e. The van der Waals surface area contributed by atoms with Crippen molar-refractivity contribution < 1.29 is 13.2 Å². The molecule has 1 fully saturated rings. The molecule has 3 aromatic rings. The van der Waals surface area contributed by atoms with Crippen LogP contribution in [0.2, 0.25) is 0 Å². The zero-order valence-corrected chi connectivity index (χ0v) is 18.8. The first kappa shape index (κ1) is 22.1. The standard InChI is InChI=1S/C26H28N2O3S/c29-26(28-24-17-15-23(16-18-24)27-22-7-3-1-4-8-22)21-13-11-20(12-14-21)19-32(30,31)25-9-5-2-6-10-25/h2,5-6,9-18,22,27H,1,3-4,7-8,19H2,(H,28,29). The van der Waals surface area contributed by atoms with Gasteiger partial charge in [-0.25, -0.2) is 8.42 Å². The maximum absolute atomic E-state index is 12.6. The van der Waals surface area contributed by atoms with Crippen LogP contribution in [0.25, 0.3) is 0 Å². The monoisotopic (exact) mass is 448 g/mol. The van der Waals surface area contributed by atoms with Crippen LogP contribution in [0.4, 0.5) is 11.4 Å². The fourth-order valence-corrected chi connectivity index (χ4v) is 5.39. The first-order valence-electron chi connectivity index (χ1n) is 11.0. The zero-order chi connectivity index (χ0) is 22.4. The van der Waals surface area contributed by atoms with E-state index in [1.54, 1.807) is 54.6 Å². The molecule has 166 valence electrons. The van der Waals surface area contributed by atoms with E-state index in [2.05, 4.69) is 10.6 Å². The maximum atomic E-state index is 12.6. The SMILES string of the molecule is O=C(Nc1ccc(NC2CCCCC2)cc1)c1ccc(CS(=O)(=O)c2ccccc2)cc1. The summed E-state index contributed by atoms with van der Waals surface area (Å²) < 4.78 is 25.1. The average Bonchev–Trinajstić information content (AvgIpc) is 2.82. The van der Waals surface area contributed by atoms with Gasteiger partial charge in [-0.05, 0) is 66.9 Å². The third-order valence-electron chi connectivity index (χ3n) is 5.79. The van der Waals surface area contributed by atoms with Crippen LogP contribution < -0.4 is 10.6 Å². The molecule has 0 bridgehead atoms. The molecule has 2 N–H and O–H groups in total. The summed E-state index contributed by atoms with van der Waals surface area (Å²) in [5, 5.41) is 6.47. The highest BCUT2D eigenvalue weighted by molar-refractivity contribution is 7.90. The highest BCUT2D eigenvalue weighted by Gasteiger charge is 2.16. The Morgan fingerprint density at radius 2 is 1.41 bits per heavy atom. The molecule has 0 aromatic heterocycles. The van der Waals surface area contributed by atoms with Crippen molar-refractivity contribution in [3.63, 3.8) is 0 Å². The third-order valence-corrected chi connectivity index (χ3v) is 7.50. The van der Waals surface area contributed by atoms with E-state index in [1.807, 2.05) is 24.3 Å². The summed E-state index contributed by atoms with van der Waals surface area (Å²) in [6.45, 7) is 0. The fraction of sp³-hybridized carbons (Fsp3) is 0.269. The molecule has 6 heteroatoms. The predicted molar refractivity (Wildman–Crippen MR) is 129 cm³/mol. The summed E-state index contributed by atoms with van der Waals surface area (Å²) in [4.78, 5) is 12.9. The Balaban J connectivity index is 1.34. The molecule has 32 heavy (non-hydrogen) atoms. The smallest absolute Gasteiger partial charge is 0.255 e. The van der Waals surface area contributed by atoms with Gasteiger partial charge in [0.25, 0.3) is 5.91 Å². The lowest BCUT2D eigenvalue weighted by Crippen LogP contribution is -2.22. The number of rotatable bonds is 7. The van der Waals surface area contributed by atoms with E-state index in [0.29, 0.717) is 22.1 Å². The second kappa shape index (κ2) is 10.0. The van der Waals surface area contributed by atoms with Crippen molar-refractivity contribution in [3.8, 4) is 0 Å². The minimum atomic E-state index is -3.42. The molecule has 0 unspecified atom stereocenters. The number of hydrogen-bond acceptors (Lipinski definition) is 4. The van der Waals surface area contributed by atoms with Gasteiger partial charge in [-0.2, -0.15) is 0 Å². The number of anilines is 2. The lowest BCUT2D eigenvalue weighted by atomic mass is 9.95. The van der Waals surface area contributed by atoms with Gasteiger partial charge in [-0.1, -0.05) is 49.6 Å². The number of carbonyl (C=O) groups excluding carboxylic acids is 1. The number of amides is 1. The summed E-state index contributed by atoms with van der Waals surface area (Å²) in [5.74, 6) is -0.329. The van der Waals surface area contributed by atoms with Gasteiger partial charge in [0.15, 0.2) is 9.84 Å². The van der Waals surface area contributed by atoms with Gasteiger partial charge in [0.1, 0.15) is 0 Å². The summed E-state index contributed by atoms with van der Waals surface area (Å²) in [6.07, 6.45) is 6.31. The number of sulfone groups is 1. The van der Waals surface area contributed by atoms with Crippen LogP contribution >= 0.6 is 0 Å². The second-order valence-electron chi connectivity index (χ2n) is 8.28. The number of benzene rings is 3. The molecule has 1 aliphatic rings. The molecular formula is C26H28N2O3S. The molecule has 4 rings (SSSR count). The molecule has 0 heterocycles.